The number of halogens is 2. The van der Waals surface area contributed by atoms with Gasteiger partial charge in [-0.2, -0.15) is 5.10 Å². The number of nitrogens with one attached hydrogen (secondary N) is 3. The van der Waals surface area contributed by atoms with Crippen LogP contribution in [0.5, 0.6) is 0 Å². The average molecular weight is 272 g/mol. The minimum Gasteiger partial charge on any atom is -0.308 e. The predicted molar refractivity (Wildman–Crippen MR) is 67.1 cm³/mol. The molecule has 2 rings (SSSR count). The first-order valence-corrected chi connectivity index (χ1v) is 6.32. The molecule has 1 aliphatic heterocycles. The van der Waals surface area contributed by atoms with Gasteiger partial charge in [-0.05, 0) is 12.3 Å². The normalized spacial score (nSPS) is 21.8. The SMILES string of the molecule is CC(C)Cc1cc(NC(=O)C2CC(F)(F)CN2)n[nH]1. The number of hydrogen-bond donors (Lipinski definition) is 3. The van der Waals surface area contributed by atoms with Crippen molar-refractivity contribution in [2.24, 2.45) is 5.92 Å². The molecule has 0 saturated carbocycles. The molecule has 1 fully saturated rings. The molecule has 2 heterocycles. The van der Waals surface area contributed by atoms with E-state index in [-0.39, 0.29) is 0 Å². The summed E-state index contributed by atoms with van der Waals surface area (Å²) in [5, 5.41) is 11.8. The zero-order chi connectivity index (χ0) is 14.0. The second-order valence-electron chi connectivity index (χ2n) is 5.36. The van der Waals surface area contributed by atoms with Crippen LogP contribution in [0.2, 0.25) is 0 Å². The highest BCUT2D eigenvalue weighted by atomic mass is 19.3. The third-order valence-electron chi connectivity index (χ3n) is 2.94. The second kappa shape index (κ2) is 5.24. The maximum atomic E-state index is 13.0. The number of carbonyl (C=O) groups is 1. The summed E-state index contributed by atoms with van der Waals surface area (Å²) in [4.78, 5) is 11.8. The van der Waals surface area contributed by atoms with Crippen LogP contribution in [-0.4, -0.2) is 34.6 Å². The highest BCUT2D eigenvalue weighted by Gasteiger charge is 2.42. The van der Waals surface area contributed by atoms with Crippen LogP contribution >= 0.6 is 0 Å². The molecule has 1 aliphatic rings. The molecule has 1 amide bonds. The summed E-state index contributed by atoms with van der Waals surface area (Å²) in [6.45, 7) is 3.69. The fourth-order valence-corrected chi connectivity index (χ4v) is 2.08. The van der Waals surface area contributed by atoms with Gasteiger partial charge >= 0.3 is 0 Å². The molecule has 7 heteroatoms. The zero-order valence-corrected chi connectivity index (χ0v) is 11.0. The highest BCUT2D eigenvalue weighted by Crippen LogP contribution is 2.25. The molecular weight excluding hydrogens is 254 g/mol. The number of nitrogens with zero attached hydrogens (tertiary/aromatic N) is 1. The maximum Gasteiger partial charge on any atom is 0.262 e. The van der Waals surface area contributed by atoms with E-state index in [0.29, 0.717) is 11.7 Å². The number of aromatic nitrogens is 2. The predicted octanol–water partition coefficient (Wildman–Crippen LogP) is 1.54. The quantitative estimate of drug-likeness (QED) is 0.778. The third kappa shape index (κ3) is 3.73. The third-order valence-corrected chi connectivity index (χ3v) is 2.94. The Labute approximate surface area is 110 Å². The van der Waals surface area contributed by atoms with Crippen molar-refractivity contribution in [2.45, 2.75) is 38.7 Å². The molecular formula is C12H18F2N4O. The summed E-state index contributed by atoms with van der Waals surface area (Å²) >= 11 is 0. The molecule has 0 spiro atoms. The van der Waals surface area contributed by atoms with Crippen molar-refractivity contribution in [3.05, 3.63) is 11.8 Å². The Morgan fingerprint density at radius 1 is 1.63 bits per heavy atom. The zero-order valence-electron chi connectivity index (χ0n) is 11.0. The van der Waals surface area contributed by atoms with Crippen LogP contribution in [0.25, 0.3) is 0 Å². The van der Waals surface area contributed by atoms with E-state index in [1.54, 1.807) is 6.07 Å². The number of carbonyl (C=O) groups excluding carboxylic acids is 1. The maximum absolute atomic E-state index is 13.0. The van der Waals surface area contributed by atoms with Crippen molar-refractivity contribution >= 4 is 11.7 Å². The highest BCUT2D eigenvalue weighted by molar-refractivity contribution is 5.94. The van der Waals surface area contributed by atoms with Crippen molar-refractivity contribution in [1.82, 2.24) is 15.5 Å². The van der Waals surface area contributed by atoms with E-state index in [2.05, 4.69) is 34.7 Å². The second-order valence-corrected chi connectivity index (χ2v) is 5.36. The van der Waals surface area contributed by atoms with Crippen molar-refractivity contribution in [3.8, 4) is 0 Å². The van der Waals surface area contributed by atoms with Crippen LogP contribution in [0.4, 0.5) is 14.6 Å². The van der Waals surface area contributed by atoms with Crippen molar-refractivity contribution in [1.29, 1.82) is 0 Å². The van der Waals surface area contributed by atoms with Gasteiger partial charge < -0.3 is 5.32 Å². The van der Waals surface area contributed by atoms with E-state index >= 15 is 0 Å². The monoisotopic (exact) mass is 272 g/mol. The Morgan fingerprint density at radius 3 is 2.95 bits per heavy atom. The van der Waals surface area contributed by atoms with E-state index < -0.39 is 30.8 Å². The molecule has 19 heavy (non-hydrogen) atoms. The van der Waals surface area contributed by atoms with Gasteiger partial charge in [-0.3, -0.25) is 15.2 Å². The van der Waals surface area contributed by atoms with Gasteiger partial charge in [-0.25, -0.2) is 8.78 Å². The lowest BCUT2D eigenvalue weighted by Gasteiger charge is -2.09. The van der Waals surface area contributed by atoms with E-state index in [1.165, 1.54) is 0 Å². The minimum atomic E-state index is -2.81. The summed E-state index contributed by atoms with van der Waals surface area (Å²) < 4.78 is 26.0. The van der Waals surface area contributed by atoms with E-state index in [0.717, 1.165) is 12.1 Å². The van der Waals surface area contributed by atoms with Crippen molar-refractivity contribution < 1.29 is 13.6 Å². The van der Waals surface area contributed by atoms with Gasteiger partial charge in [0.05, 0.1) is 12.6 Å². The van der Waals surface area contributed by atoms with Gasteiger partial charge in [-0.15, -0.1) is 0 Å². The van der Waals surface area contributed by atoms with Crippen LogP contribution in [0.3, 0.4) is 0 Å². The van der Waals surface area contributed by atoms with Crippen molar-refractivity contribution in [2.75, 3.05) is 11.9 Å². The van der Waals surface area contributed by atoms with Gasteiger partial charge in [0, 0.05) is 18.2 Å². The van der Waals surface area contributed by atoms with Crippen LogP contribution in [0.1, 0.15) is 26.0 Å². The molecule has 0 aliphatic carbocycles. The molecule has 0 bridgehead atoms. The molecule has 1 aromatic heterocycles. The van der Waals surface area contributed by atoms with Crippen LogP contribution in [0.15, 0.2) is 6.07 Å². The molecule has 106 valence electrons. The largest absolute Gasteiger partial charge is 0.308 e. The first-order valence-electron chi connectivity index (χ1n) is 6.32. The summed E-state index contributed by atoms with van der Waals surface area (Å²) in [6, 6.07) is 0.866. The summed E-state index contributed by atoms with van der Waals surface area (Å²) in [6.07, 6.45) is 0.352. The number of H-pyrrole nitrogens is 1. The molecule has 1 aromatic rings. The number of hydrogen-bond acceptors (Lipinski definition) is 3. The molecule has 0 radical (unpaired) electrons. The first kappa shape index (κ1) is 13.9. The van der Waals surface area contributed by atoms with Crippen LogP contribution in [-0.2, 0) is 11.2 Å². The van der Waals surface area contributed by atoms with Gasteiger partial charge in [0.15, 0.2) is 5.82 Å². The lowest BCUT2D eigenvalue weighted by Crippen LogP contribution is -2.35. The smallest absolute Gasteiger partial charge is 0.262 e. The number of amides is 1. The Kier molecular flexibility index (Phi) is 3.84. The molecule has 1 atom stereocenters. The Hall–Kier alpha value is -1.50. The molecule has 1 saturated heterocycles. The van der Waals surface area contributed by atoms with Crippen molar-refractivity contribution in [3.63, 3.8) is 0 Å². The molecule has 3 N–H and O–H groups in total. The summed E-state index contributed by atoms with van der Waals surface area (Å²) in [5.41, 5.74) is 0.912. The average Bonchev–Trinajstić information content (AvgIpc) is 2.84. The van der Waals surface area contributed by atoms with Gasteiger partial charge in [0.2, 0.25) is 5.91 Å². The Morgan fingerprint density at radius 2 is 2.37 bits per heavy atom. The molecule has 1 unspecified atom stereocenters. The van der Waals surface area contributed by atoms with E-state index in [1.807, 2.05) is 0 Å². The summed E-state index contributed by atoms with van der Waals surface area (Å²) in [5.74, 6) is -2.44. The standard InChI is InChI=1S/C12H18F2N4O/c1-7(2)3-8-4-10(18-17-8)16-11(19)9-5-12(13,14)6-15-9/h4,7,9,15H,3,5-6H2,1-2H3,(H2,16,17,18,19). The molecule has 0 aromatic carbocycles. The number of anilines is 1. The van der Waals surface area contributed by atoms with Crippen LogP contribution in [0, 0.1) is 5.92 Å². The summed E-state index contributed by atoms with van der Waals surface area (Å²) in [7, 11) is 0. The number of rotatable bonds is 4. The first-order chi connectivity index (χ1) is 8.85. The fourth-order valence-electron chi connectivity index (χ4n) is 2.08. The fraction of sp³-hybridized carbons (Fsp3) is 0.667. The molecule has 5 nitrogen and oxygen atoms in total. The van der Waals surface area contributed by atoms with Gasteiger partial charge in [-0.1, -0.05) is 13.8 Å². The van der Waals surface area contributed by atoms with Crippen LogP contribution < -0.4 is 10.6 Å². The van der Waals surface area contributed by atoms with Gasteiger partial charge in [0.1, 0.15) is 0 Å². The lowest BCUT2D eigenvalue weighted by atomic mass is 10.1. The topological polar surface area (TPSA) is 69.8 Å². The van der Waals surface area contributed by atoms with E-state index in [9.17, 15) is 13.6 Å². The van der Waals surface area contributed by atoms with Gasteiger partial charge in [0.25, 0.3) is 5.92 Å². The number of aromatic amines is 1. The number of alkyl halides is 2. The Bertz CT molecular complexity index is 458. The lowest BCUT2D eigenvalue weighted by molar-refractivity contribution is -0.118. The van der Waals surface area contributed by atoms with E-state index in [4.69, 9.17) is 0 Å². The Balaban J connectivity index is 1.90. The minimum absolute atomic E-state index is 0.373.